The summed E-state index contributed by atoms with van der Waals surface area (Å²) >= 11 is 0. The summed E-state index contributed by atoms with van der Waals surface area (Å²) in [6.07, 6.45) is 0. The summed E-state index contributed by atoms with van der Waals surface area (Å²) in [5, 5.41) is 2.79. The van der Waals surface area contributed by atoms with E-state index in [9.17, 15) is 9.59 Å². The fourth-order valence-corrected chi connectivity index (χ4v) is 2.67. The van der Waals surface area contributed by atoms with Crippen LogP contribution in [0.5, 0.6) is 5.75 Å². The van der Waals surface area contributed by atoms with Crippen molar-refractivity contribution < 1.29 is 19.1 Å². The van der Waals surface area contributed by atoms with Gasteiger partial charge in [-0.3, -0.25) is 9.59 Å². The molecule has 1 aliphatic heterocycles. The molecular formula is C20H22N2O4. The number of ether oxygens (including phenoxy) is 2. The maximum Gasteiger partial charge on any atom is 0.262 e. The lowest BCUT2D eigenvalue weighted by Crippen LogP contribution is -2.41. The summed E-state index contributed by atoms with van der Waals surface area (Å²) in [5.74, 6) is 0.373. The van der Waals surface area contributed by atoms with Crippen LogP contribution >= 0.6 is 0 Å². The van der Waals surface area contributed by atoms with Crippen LogP contribution in [-0.4, -0.2) is 38.2 Å². The Morgan fingerprint density at radius 1 is 1.15 bits per heavy atom. The molecule has 0 unspecified atom stereocenters. The summed E-state index contributed by atoms with van der Waals surface area (Å²) in [4.78, 5) is 25.6. The highest BCUT2D eigenvalue weighted by Crippen LogP contribution is 2.20. The molecule has 2 aromatic carbocycles. The minimum atomic E-state index is -0.238. The topological polar surface area (TPSA) is 67.9 Å². The van der Waals surface area contributed by atoms with E-state index in [4.69, 9.17) is 9.47 Å². The first-order valence-corrected chi connectivity index (χ1v) is 8.51. The van der Waals surface area contributed by atoms with E-state index in [1.54, 1.807) is 17.0 Å². The Bertz CT molecular complexity index is 802. The number of benzene rings is 2. The molecule has 6 nitrogen and oxygen atoms in total. The number of nitrogens with one attached hydrogen (secondary N) is 1. The van der Waals surface area contributed by atoms with Gasteiger partial charge in [-0.05, 0) is 61.4 Å². The predicted molar refractivity (Wildman–Crippen MR) is 99.7 cm³/mol. The van der Waals surface area contributed by atoms with E-state index in [1.807, 2.05) is 44.2 Å². The van der Waals surface area contributed by atoms with E-state index >= 15 is 0 Å². The van der Waals surface area contributed by atoms with Crippen molar-refractivity contribution in [2.75, 3.05) is 36.6 Å². The summed E-state index contributed by atoms with van der Waals surface area (Å²) < 4.78 is 10.7. The first kappa shape index (κ1) is 17.9. The molecule has 136 valence electrons. The zero-order valence-electron chi connectivity index (χ0n) is 15.0. The normalized spacial score (nSPS) is 14.2. The number of morpholine rings is 1. The second-order valence-electron chi connectivity index (χ2n) is 6.23. The van der Waals surface area contributed by atoms with E-state index in [2.05, 4.69) is 5.32 Å². The highest BCUT2D eigenvalue weighted by molar-refractivity contribution is 5.96. The van der Waals surface area contributed by atoms with Gasteiger partial charge in [-0.1, -0.05) is 6.07 Å². The SMILES string of the molecule is Cc1ccc(OCC(=O)Nc2ccc(N3CCOCC3=O)cc2)cc1C. The van der Waals surface area contributed by atoms with Gasteiger partial charge in [0.1, 0.15) is 12.4 Å². The molecule has 0 aromatic heterocycles. The van der Waals surface area contributed by atoms with E-state index in [1.165, 1.54) is 5.56 Å². The second-order valence-corrected chi connectivity index (χ2v) is 6.23. The van der Waals surface area contributed by atoms with E-state index in [0.717, 1.165) is 11.3 Å². The van der Waals surface area contributed by atoms with Crippen molar-refractivity contribution in [1.29, 1.82) is 0 Å². The Kier molecular flexibility index (Phi) is 5.53. The van der Waals surface area contributed by atoms with Crippen LogP contribution < -0.4 is 15.0 Å². The molecule has 0 saturated carbocycles. The third-order valence-corrected chi connectivity index (χ3v) is 4.30. The quantitative estimate of drug-likeness (QED) is 0.896. The molecule has 0 spiro atoms. The van der Waals surface area contributed by atoms with Crippen molar-refractivity contribution in [3.63, 3.8) is 0 Å². The Labute approximate surface area is 152 Å². The predicted octanol–water partition coefficient (Wildman–Crippen LogP) is 2.68. The van der Waals surface area contributed by atoms with Gasteiger partial charge >= 0.3 is 0 Å². The van der Waals surface area contributed by atoms with Gasteiger partial charge < -0.3 is 19.7 Å². The number of amides is 2. The average Bonchev–Trinajstić information content (AvgIpc) is 2.64. The van der Waals surface area contributed by atoms with E-state index in [-0.39, 0.29) is 25.0 Å². The Morgan fingerprint density at radius 3 is 2.62 bits per heavy atom. The maximum atomic E-state index is 12.1. The Hall–Kier alpha value is -2.86. The molecule has 0 radical (unpaired) electrons. The maximum absolute atomic E-state index is 12.1. The van der Waals surface area contributed by atoms with Crippen LogP contribution in [0, 0.1) is 13.8 Å². The first-order chi connectivity index (χ1) is 12.5. The van der Waals surface area contributed by atoms with E-state index in [0.29, 0.717) is 24.6 Å². The number of aryl methyl sites for hydroxylation is 2. The summed E-state index contributed by atoms with van der Waals surface area (Å²) in [5.41, 5.74) is 3.75. The molecule has 1 aliphatic rings. The molecule has 6 heteroatoms. The molecule has 0 bridgehead atoms. The third kappa shape index (κ3) is 4.40. The van der Waals surface area contributed by atoms with Gasteiger partial charge in [0.2, 0.25) is 0 Å². The van der Waals surface area contributed by atoms with Gasteiger partial charge in [-0.2, -0.15) is 0 Å². The lowest BCUT2D eigenvalue weighted by molar-refractivity contribution is -0.125. The zero-order valence-corrected chi connectivity index (χ0v) is 15.0. The molecule has 1 saturated heterocycles. The van der Waals surface area contributed by atoms with Crippen LogP contribution in [0.3, 0.4) is 0 Å². The first-order valence-electron chi connectivity index (χ1n) is 8.51. The number of carbonyl (C=O) groups is 2. The monoisotopic (exact) mass is 354 g/mol. The zero-order chi connectivity index (χ0) is 18.5. The van der Waals surface area contributed by atoms with Crippen molar-refractivity contribution >= 4 is 23.2 Å². The van der Waals surface area contributed by atoms with Crippen molar-refractivity contribution in [3.05, 3.63) is 53.6 Å². The average molecular weight is 354 g/mol. The van der Waals surface area contributed by atoms with Crippen LogP contribution in [0.2, 0.25) is 0 Å². The van der Waals surface area contributed by atoms with Gasteiger partial charge in [-0.15, -0.1) is 0 Å². The van der Waals surface area contributed by atoms with Crippen molar-refractivity contribution in [3.8, 4) is 5.75 Å². The minimum Gasteiger partial charge on any atom is -0.484 e. The van der Waals surface area contributed by atoms with Crippen LogP contribution in [-0.2, 0) is 14.3 Å². The highest BCUT2D eigenvalue weighted by Gasteiger charge is 2.19. The minimum absolute atomic E-state index is 0.0603. The van der Waals surface area contributed by atoms with Crippen LogP contribution in [0.4, 0.5) is 11.4 Å². The van der Waals surface area contributed by atoms with Crippen LogP contribution in [0.1, 0.15) is 11.1 Å². The standard InChI is InChI=1S/C20H22N2O4/c1-14-3-8-18(11-15(14)2)26-12-19(23)21-16-4-6-17(7-5-16)22-9-10-25-13-20(22)24/h3-8,11H,9-10,12-13H2,1-2H3,(H,21,23). The molecular weight excluding hydrogens is 332 g/mol. The van der Waals surface area contributed by atoms with Gasteiger partial charge in [0.25, 0.3) is 11.8 Å². The molecule has 1 N–H and O–H groups in total. The summed E-state index contributed by atoms with van der Waals surface area (Å²) in [6, 6.07) is 12.9. The molecule has 1 heterocycles. The van der Waals surface area contributed by atoms with Crippen molar-refractivity contribution in [2.45, 2.75) is 13.8 Å². The number of hydrogen-bond donors (Lipinski definition) is 1. The number of carbonyl (C=O) groups excluding carboxylic acids is 2. The smallest absolute Gasteiger partial charge is 0.262 e. The molecule has 0 atom stereocenters. The molecule has 0 aliphatic carbocycles. The fourth-order valence-electron chi connectivity index (χ4n) is 2.67. The lowest BCUT2D eigenvalue weighted by atomic mass is 10.1. The Balaban J connectivity index is 1.54. The highest BCUT2D eigenvalue weighted by atomic mass is 16.5. The summed E-state index contributed by atoms with van der Waals surface area (Å²) in [7, 11) is 0. The molecule has 26 heavy (non-hydrogen) atoms. The summed E-state index contributed by atoms with van der Waals surface area (Å²) in [6.45, 7) is 5.14. The number of hydrogen-bond acceptors (Lipinski definition) is 4. The molecule has 1 fully saturated rings. The van der Waals surface area contributed by atoms with Gasteiger partial charge in [0, 0.05) is 17.9 Å². The van der Waals surface area contributed by atoms with Crippen LogP contribution in [0.25, 0.3) is 0 Å². The number of anilines is 2. The van der Waals surface area contributed by atoms with Crippen molar-refractivity contribution in [1.82, 2.24) is 0 Å². The lowest BCUT2D eigenvalue weighted by Gasteiger charge is -2.26. The van der Waals surface area contributed by atoms with Gasteiger partial charge in [0.15, 0.2) is 6.61 Å². The van der Waals surface area contributed by atoms with Crippen molar-refractivity contribution in [2.24, 2.45) is 0 Å². The largest absolute Gasteiger partial charge is 0.484 e. The van der Waals surface area contributed by atoms with Crippen LogP contribution in [0.15, 0.2) is 42.5 Å². The fraction of sp³-hybridized carbons (Fsp3) is 0.300. The Morgan fingerprint density at radius 2 is 1.92 bits per heavy atom. The molecule has 3 rings (SSSR count). The molecule has 2 amide bonds. The van der Waals surface area contributed by atoms with E-state index < -0.39 is 0 Å². The number of nitrogens with zero attached hydrogens (tertiary/aromatic N) is 1. The van der Waals surface area contributed by atoms with Gasteiger partial charge in [0.05, 0.1) is 6.61 Å². The van der Waals surface area contributed by atoms with Gasteiger partial charge in [-0.25, -0.2) is 0 Å². The second kappa shape index (κ2) is 8.01. The third-order valence-electron chi connectivity index (χ3n) is 4.30. The number of rotatable bonds is 5. The molecule has 2 aromatic rings.